The first kappa shape index (κ1) is 19.9. The summed E-state index contributed by atoms with van der Waals surface area (Å²) in [6.07, 6.45) is 0. The van der Waals surface area contributed by atoms with E-state index in [-0.39, 0.29) is 11.8 Å². The number of carbonyl (C=O) groups is 1. The molecule has 1 aliphatic heterocycles. The Morgan fingerprint density at radius 2 is 1.68 bits per heavy atom. The van der Waals surface area contributed by atoms with Gasteiger partial charge in [-0.05, 0) is 24.3 Å². The Labute approximate surface area is 166 Å². The fraction of sp³-hybridized carbons (Fsp3) is 0.500. The van der Waals surface area contributed by atoms with Gasteiger partial charge in [-0.15, -0.1) is 0 Å². The molecule has 0 aliphatic carbocycles. The van der Waals surface area contributed by atoms with Gasteiger partial charge in [0, 0.05) is 51.8 Å². The SMILES string of the molecule is COc1ccc(C(=O)N2CCN(c3nc(C(C)C)nc(N(C)C)n3)CC2)cc1. The molecule has 0 radical (unpaired) electrons. The van der Waals surface area contributed by atoms with Crippen molar-refractivity contribution in [1.82, 2.24) is 19.9 Å². The molecule has 0 atom stereocenters. The molecule has 0 unspecified atom stereocenters. The van der Waals surface area contributed by atoms with Crippen LogP contribution in [0.2, 0.25) is 0 Å². The van der Waals surface area contributed by atoms with Crippen molar-refractivity contribution in [2.24, 2.45) is 0 Å². The molecule has 1 aromatic carbocycles. The smallest absolute Gasteiger partial charge is 0.253 e. The molecule has 2 aromatic rings. The lowest BCUT2D eigenvalue weighted by atomic mass is 10.1. The Morgan fingerprint density at radius 3 is 2.21 bits per heavy atom. The summed E-state index contributed by atoms with van der Waals surface area (Å²) in [4.78, 5) is 32.4. The first-order valence-corrected chi connectivity index (χ1v) is 9.50. The van der Waals surface area contributed by atoms with Gasteiger partial charge in [-0.1, -0.05) is 13.8 Å². The van der Waals surface area contributed by atoms with Crippen LogP contribution in [0.5, 0.6) is 5.75 Å². The molecule has 1 aliphatic rings. The van der Waals surface area contributed by atoms with Crippen molar-refractivity contribution in [1.29, 1.82) is 0 Å². The van der Waals surface area contributed by atoms with Crippen LogP contribution in [0.4, 0.5) is 11.9 Å². The number of anilines is 2. The minimum absolute atomic E-state index is 0.0369. The van der Waals surface area contributed by atoms with Gasteiger partial charge in [0.1, 0.15) is 11.6 Å². The number of methoxy groups -OCH3 is 1. The highest BCUT2D eigenvalue weighted by molar-refractivity contribution is 5.94. The van der Waals surface area contributed by atoms with Gasteiger partial charge < -0.3 is 19.4 Å². The third kappa shape index (κ3) is 4.32. The fourth-order valence-corrected chi connectivity index (χ4v) is 2.99. The van der Waals surface area contributed by atoms with Crippen LogP contribution in [0.15, 0.2) is 24.3 Å². The predicted octanol–water partition coefficient (Wildman–Crippen LogP) is 2.03. The zero-order valence-electron chi connectivity index (χ0n) is 17.2. The van der Waals surface area contributed by atoms with Crippen LogP contribution < -0.4 is 14.5 Å². The molecule has 1 saturated heterocycles. The average Bonchev–Trinajstić information content (AvgIpc) is 2.73. The number of ether oxygens (including phenoxy) is 1. The van der Waals surface area contributed by atoms with Crippen molar-refractivity contribution in [2.75, 3.05) is 57.2 Å². The molecule has 28 heavy (non-hydrogen) atoms. The highest BCUT2D eigenvalue weighted by Gasteiger charge is 2.25. The second-order valence-corrected chi connectivity index (χ2v) is 7.35. The van der Waals surface area contributed by atoms with Crippen LogP contribution in [-0.2, 0) is 0 Å². The summed E-state index contributed by atoms with van der Waals surface area (Å²) in [5, 5.41) is 0. The molecule has 150 valence electrons. The van der Waals surface area contributed by atoms with Crippen LogP contribution in [0.3, 0.4) is 0 Å². The van der Waals surface area contributed by atoms with E-state index in [0.717, 1.165) is 11.6 Å². The topological polar surface area (TPSA) is 74.7 Å². The summed E-state index contributed by atoms with van der Waals surface area (Å²) in [6, 6.07) is 7.23. The third-order valence-electron chi connectivity index (χ3n) is 4.73. The van der Waals surface area contributed by atoms with Crippen molar-refractivity contribution < 1.29 is 9.53 Å². The molecule has 1 aromatic heterocycles. The van der Waals surface area contributed by atoms with E-state index in [2.05, 4.69) is 33.7 Å². The van der Waals surface area contributed by atoms with Crippen molar-refractivity contribution >= 4 is 17.8 Å². The Balaban J connectivity index is 1.70. The van der Waals surface area contributed by atoms with E-state index in [1.54, 1.807) is 19.2 Å². The first-order chi connectivity index (χ1) is 13.4. The number of piperazine rings is 1. The molecule has 0 N–H and O–H groups in total. The van der Waals surface area contributed by atoms with E-state index in [9.17, 15) is 4.79 Å². The summed E-state index contributed by atoms with van der Waals surface area (Å²) >= 11 is 0. The third-order valence-corrected chi connectivity index (χ3v) is 4.73. The number of benzene rings is 1. The molecule has 0 saturated carbocycles. The molecule has 2 heterocycles. The Morgan fingerprint density at radius 1 is 1.04 bits per heavy atom. The molecular formula is C20H28N6O2. The minimum Gasteiger partial charge on any atom is -0.497 e. The largest absolute Gasteiger partial charge is 0.497 e. The standard InChI is InChI=1S/C20H28N6O2/c1-14(2)17-21-19(24(3)4)23-20(22-17)26-12-10-25(11-13-26)18(27)15-6-8-16(28-5)9-7-15/h6-9,14H,10-13H2,1-5H3. The summed E-state index contributed by atoms with van der Waals surface area (Å²) in [5.41, 5.74) is 0.673. The monoisotopic (exact) mass is 384 g/mol. The second kappa shape index (κ2) is 8.41. The van der Waals surface area contributed by atoms with Crippen molar-refractivity contribution in [3.05, 3.63) is 35.7 Å². The van der Waals surface area contributed by atoms with Gasteiger partial charge >= 0.3 is 0 Å². The average molecular weight is 384 g/mol. The van der Waals surface area contributed by atoms with E-state index in [4.69, 9.17) is 4.74 Å². The molecular weight excluding hydrogens is 356 g/mol. The van der Waals surface area contributed by atoms with Gasteiger partial charge in [-0.2, -0.15) is 15.0 Å². The van der Waals surface area contributed by atoms with Gasteiger partial charge in [-0.3, -0.25) is 4.79 Å². The van der Waals surface area contributed by atoms with E-state index in [0.29, 0.717) is 43.6 Å². The van der Waals surface area contributed by atoms with E-state index >= 15 is 0 Å². The summed E-state index contributed by atoms with van der Waals surface area (Å²) in [5.74, 6) is 3.12. The van der Waals surface area contributed by atoms with Gasteiger partial charge in [0.05, 0.1) is 7.11 Å². The number of carbonyl (C=O) groups excluding carboxylic acids is 1. The number of amides is 1. The molecule has 1 fully saturated rings. The van der Waals surface area contributed by atoms with Crippen LogP contribution >= 0.6 is 0 Å². The summed E-state index contributed by atoms with van der Waals surface area (Å²) in [6.45, 7) is 6.79. The number of hydrogen-bond donors (Lipinski definition) is 0. The lowest BCUT2D eigenvalue weighted by molar-refractivity contribution is 0.0746. The number of hydrogen-bond acceptors (Lipinski definition) is 7. The first-order valence-electron chi connectivity index (χ1n) is 9.50. The highest BCUT2D eigenvalue weighted by Crippen LogP contribution is 2.20. The number of rotatable bonds is 5. The summed E-state index contributed by atoms with van der Waals surface area (Å²) in [7, 11) is 5.47. The van der Waals surface area contributed by atoms with Crippen LogP contribution in [-0.4, -0.2) is 73.1 Å². The molecule has 0 spiro atoms. The molecule has 0 bridgehead atoms. The number of nitrogens with zero attached hydrogens (tertiary/aromatic N) is 6. The van der Waals surface area contributed by atoms with Gasteiger partial charge in [-0.25, -0.2) is 0 Å². The van der Waals surface area contributed by atoms with Crippen LogP contribution in [0.25, 0.3) is 0 Å². The molecule has 1 amide bonds. The van der Waals surface area contributed by atoms with Crippen LogP contribution in [0, 0.1) is 0 Å². The van der Waals surface area contributed by atoms with Gasteiger partial charge in [0.25, 0.3) is 5.91 Å². The Bertz CT molecular complexity index is 788. The van der Waals surface area contributed by atoms with E-state index in [1.807, 2.05) is 36.0 Å². The second-order valence-electron chi connectivity index (χ2n) is 7.35. The zero-order valence-corrected chi connectivity index (χ0v) is 17.2. The maximum absolute atomic E-state index is 12.7. The fourth-order valence-electron chi connectivity index (χ4n) is 2.99. The zero-order chi connectivity index (χ0) is 20.3. The maximum atomic E-state index is 12.7. The molecule has 3 rings (SSSR count). The quantitative estimate of drug-likeness (QED) is 0.781. The highest BCUT2D eigenvalue weighted by atomic mass is 16.5. The van der Waals surface area contributed by atoms with Crippen molar-refractivity contribution in [3.63, 3.8) is 0 Å². The van der Waals surface area contributed by atoms with Gasteiger partial charge in [0.2, 0.25) is 11.9 Å². The molecule has 8 nitrogen and oxygen atoms in total. The Hall–Kier alpha value is -2.90. The van der Waals surface area contributed by atoms with Crippen molar-refractivity contribution in [3.8, 4) is 5.75 Å². The lowest BCUT2D eigenvalue weighted by Crippen LogP contribution is -2.49. The van der Waals surface area contributed by atoms with Crippen LogP contribution in [0.1, 0.15) is 35.9 Å². The molecule has 8 heteroatoms. The normalized spacial score (nSPS) is 14.4. The van der Waals surface area contributed by atoms with Crippen molar-refractivity contribution in [2.45, 2.75) is 19.8 Å². The lowest BCUT2D eigenvalue weighted by Gasteiger charge is -2.35. The van der Waals surface area contributed by atoms with E-state index < -0.39 is 0 Å². The Kier molecular flexibility index (Phi) is 5.96. The van der Waals surface area contributed by atoms with E-state index in [1.165, 1.54) is 0 Å². The summed E-state index contributed by atoms with van der Waals surface area (Å²) < 4.78 is 5.16. The minimum atomic E-state index is 0.0369. The predicted molar refractivity (Wildman–Crippen MR) is 109 cm³/mol. The number of aromatic nitrogens is 3. The van der Waals surface area contributed by atoms with Gasteiger partial charge in [0.15, 0.2) is 0 Å². The maximum Gasteiger partial charge on any atom is 0.253 e.